The molecule has 0 aromatic rings. The van der Waals surface area contributed by atoms with E-state index in [2.05, 4.69) is 25.4 Å². The molecule has 2 unspecified atom stereocenters. The van der Waals surface area contributed by atoms with Crippen LogP contribution in [0.1, 0.15) is 58.8 Å². The zero-order valence-electron chi connectivity index (χ0n) is 12.0. The molecule has 0 aromatic carbocycles. The van der Waals surface area contributed by atoms with E-state index in [0.29, 0.717) is 0 Å². The SMILES string of the molecule is CSCCCCCCNC1CC(C)CC(C)C1. The van der Waals surface area contributed by atoms with Gasteiger partial charge >= 0.3 is 0 Å². The highest BCUT2D eigenvalue weighted by atomic mass is 32.2. The quantitative estimate of drug-likeness (QED) is 0.650. The summed E-state index contributed by atoms with van der Waals surface area (Å²) in [5.41, 5.74) is 0. The van der Waals surface area contributed by atoms with Gasteiger partial charge in [-0.3, -0.25) is 0 Å². The van der Waals surface area contributed by atoms with Gasteiger partial charge in [0.2, 0.25) is 0 Å². The van der Waals surface area contributed by atoms with Gasteiger partial charge in [0.15, 0.2) is 0 Å². The molecule has 17 heavy (non-hydrogen) atoms. The zero-order valence-corrected chi connectivity index (χ0v) is 12.8. The van der Waals surface area contributed by atoms with Crippen molar-refractivity contribution in [3.63, 3.8) is 0 Å². The van der Waals surface area contributed by atoms with E-state index in [9.17, 15) is 0 Å². The fourth-order valence-electron chi connectivity index (χ4n) is 3.14. The van der Waals surface area contributed by atoms with E-state index in [1.165, 1.54) is 57.2 Å². The molecule has 1 aliphatic rings. The minimum absolute atomic E-state index is 0.806. The van der Waals surface area contributed by atoms with Gasteiger partial charge in [-0.15, -0.1) is 0 Å². The van der Waals surface area contributed by atoms with Crippen molar-refractivity contribution in [3.8, 4) is 0 Å². The first kappa shape index (κ1) is 15.4. The summed E-state index contributed by atoms with van der Waals surface area (Å²) in [6, 6.07) is 0.806. The minimum Gasteiger partial charge on any atom is -0.314 e. The Morgan fingerprint density at radius 1 is 0.941 bits per heavy atom. The van der Waals surface area contributed by atoms with Crippen LogP contribution < -0.4 is 5.32 Å². The molecule has 0 amide bonds. The predicted molar refractivity (Wildman–Crippen MR) is 80.8 cm³/mol. The molecule has 1 saturated carbocycles. The first-order chi connectivity index (χ1) is 8.22. The van der Waals surface area contributed by atoms with E-state index in [1.807, 2.05) is 11.8 Å². The fraction of sp³-hybridized carbons (Fsp3) is 1.00. The van der Waals surface area contributed by atoms with E-state index in [0.717, 1.165) is 17.9 Å². The lowest BCUT2D eigenvalue weighted by Gasteiger charge is -2.32. The Labute approximate surface area is 113 Å². The summed E-state index contributed by atoms with van der Waals surface area (Å²) in [4.78, 5) is 0. The van der Waals surface area contributed by atoms with Gasteiger partial charge in [0.25, 0.3) is 0 Å². The molecule has 0 bridgehead atoms. The van der Waals surface area contributed by atoms with Crippen molar-refractivity contribution in [1.29, 1.82) is 0 Å². The Morgan fingerprint density at radius 2 is 1.59 bits per heavy atom. The fourth-order valence-corrected chi connectivity index (χ4v) is 3.64. The molecule has 2 atom stereocenters. The molecule has 0 spiro atoms. The maximum atomic E-state index is 3.77. The second kappa shape index (κ2) is 9.27. The molecule has 1 aliphatic carbocycles. The molecule has 0 radical (unpaired) electrons. The lowest BCUT2D eigenvalue weighted by molar-refractivity contribution is 0.238. The lowest BCUT2D eigenvalue weighted by Crippen LogP contribution is -2.36. The van der Waals surface area contributed by atoms with Crippen molar-refractivity contribution in [2.45, 2.75) is 64.8 Å². The van der Waals surface area contributed by atoms with E-state index in [4.69, 9.17) is 0 Å². The number of hydrogen-bond acceptors (Lipinski definition) is 2. The summed E-state index contributed by atoms with van der Waals surface area (Å²) in [5.74, 6) is 3.20. The van der Waals surface area contributed by atoms with Crippen LogP contribution in [0, 0.1) is 11.8 Å². The van der Waals surface area contributed by atoms with Gasteiger partial charge in [-0.05, 0) is 62.5 Å². The van der Waals surface area contributed by atoms with E-state index in [-0.39, 0.29) is 0 Å². The van der Waals surface area contributed by atoms with Crippen LogP contribution in [0.5, 0.6) is 0 Å². The third-order valence-electron chi connectivity index (χ3n) is 3.89. The van der Waals surface area contributed by atoms with Crippen molar-refractivity contribution < 1.29 is 0 Å². The largest absolute Gasteiger partial charge is 0.314 e. The molecule has 1 rings (SSSR count). The molecular formula is C15H31NS. The van der Waals surface area contributed by atoms with E-state index in [1.54, 1.807) is 0 Å². The highest BCUT2D eigenvalue weighted by Gasteiger charge is 2.22. The maximum Gasteiger partial charge on any atom is 0.00721 e. The summed E-state index contributed by atoms with van der Waals surface area (Å²) in [6.45, 7) is 6.06. The third kappa shape index (κ3) is 7.35. The van der Waals surface area contributed by atoms with Crippen LogP contribution in [0.25, 0.3) is 0 Å². The number of nitrogens with one attached hydrogen (secondary N) is 1. The zero-order chi connectivity index (χ0) is 12.5. The summed E-state index contributed by atoms with van der Waals surface area (Å²) >= 11 is 1.97. The molecule has 1 N–H and O–H groups in total. The van der Waals surface area contributed by atoms with Crippen LogP contribution in [-0.2, 0) is 0 Å². The van der Waals surface area contributed by atoms with Crippen molar-refractivity contribution in [3.05, 3.63) is 0 Å². The molecule has 1 nitrogen and oxygen atoms in total. The monoisotopic (exact) mass is 257 g/mol. The summed E-state index contributed by atoms with van der Waals surface area (Å²) in [6.07, 6.45) is 12.0. The minimum atomic E-state index is 0.806. The van der Waals surface area contributed by atoms with Gasteiger partial charge in [-0.25, -0.2) is 0 Å². The number of rotatable bonds is 8. The average molecular weight is 257 g/mol. The molecule has 102 valence electrons. The summed E-state index contributed by atoms with van der Waals surface area (Å²) < 4.78 is 0. The number of hydrogen-bond donors (Lipinski definition) is 1. The molecule has 2 heteroatoms. The normalized spacial score (nSPS) is 29.5. The Hall–Kier alpha value is 0.310. The first-order valence-electron chi connectivity index (χ1n) is 7.44. The standard InChI is InChI=1S/C15H31NS/c1-13-10-14(2)12-15(11-13)16-8-6-4-5-7-9-17-3/h13-16H,4-12H2,1-3H3. The molecule has 0 saturated heterocycles. The number of thioether (sulfide) groups is 1. The maximum absolute atomic E-state index is 3.77. The van der Waals surface area contributed by atoms with Crippen LogP contribution in [0.2, 0.25) is 0 Å². The second-order valence-electron chi connectivity index (χ2n) is 5.98. The van der Waals surface area contributed by atoms with Gasteiger partial charge in [0, 0.05) is 6.04 Å². The van der Waals surface area contributed by atoms with E-state index >= 15 is 0 Å². The Kier molecular flexibility index (Phi) is 8.38. The smallest absolute Gasteiger partial charge is 0.00721 e. The summed E-state index contributed by atoms with van der Waals surface area (Å²) in [5, 5.41) is 3.77. The van der Waals surface area contributed by atoms with Gasteiger partial charge in [-0.1, -0.05) is 26.7 Å². The van der Waals surface area contributed by atoms with Crippen molar-refractivity contribution >= 4 is 11.8 Å². The van der Waals surface area contributed by atoms with Gasteiger partial charge in [0.05, 0.1) is 0 Å². The van der Waals surface area contributed by atoms with Crippen LogP contribution in [0.3, 0.4) is 0 Å². The first-order valence-corrected chi connectivity index (χ1v) is 8.84. The summed E-state index contributed by atoms with van der Waals surface area (Å²) in [7, 11) is 0. The second-order valence-corrected chi connectivity index (χ2v) is 6.96. The molecule has 0 aliphatic heterocycles. The van der Waals surface area contributed by atoms with Crippen molar-refractivity contribution in [2.75, 3.05) is 18.6 Å². The highest BCUT2D eigenvalue weighted by Crippen LogP contribution is 2.28. The Balaban J connectivity index is 1.95. The Morgan fingerprint density at radius 3 is 2.24 bits per heavy atom. The van der Waals surface area contributed by atoms with Crippen molar-refractivity contribution in [1.82, 2.24) is 5.32 Å². The van der Waals surface area contributed by atoms with Gasteiger partial charge in [-0.2, -0.15) is 11.8 Å². The van der Waals surface area contributed by atoms with Crippen LogP contribution >= 0.6 is 11.8 Å². The van der Waals surface area contributed by atoms with Gasteiger partial charge in [0.1, 0.15) is 0 Å². The van der Waals surface area contributed by atoms with E-state index < -0.39 is 0 Å². The molecule has 1 fully saturated rings. The third-order valence-corrected chi connectivity index (χ3v) is 4.58. The number of unbranched alkanes of at least 4 members (excludes halogenated alkanes) is 3. The topological polar surface area (TPSA) is 12.0 Å². The van der Waals surface area contributed by atoms with Crippen LogP contribution in [-0.4, -0.2) is 24.6 Å². The van der Waals surface area contributed by atoms with Crippen LogP contribution in [0.15, 0.2) is 0 Å². The molecular weight excluding hydrogens is 226 g/mol. The average Bonchev–Trinajstić information content (AvgIpc) is 2.26. The highest BCUT2D eigenvalue weighted by molar-refractivity contribution is 7.98. The lowest BCUT2D eigenvalue weighted by atomic mass is 9.80. The predicted octanol–water partition coefficient (Wildman–Crippen LogP) is 4.32. The van der Waals surface area contributed by atoms with Gasteiger partial charge < -0.3 is 5.32 Å². The Bertz CT molecular complexity index is 174. The van der Waals surface area contributed by atoms with Crippen molar-refractivity contribution in [2.24, 2.45) is 11.8 Å². The molecule has 0 heterocycles. The molecule has 0 aromatic heterocycles. The van der Waals surface area contributed by atoms with Crippen LogP contribution in [0.4, 0.5) is 0 Å².